The molecule has 1 heterocycles. The van der Waals surface area contributed by atoms with Gasteiger partial charge in [0.15, 0.2) is 0 Å². The van der Waals surface area contributed by atoms with Gasteiger partial charge in [-0.2, -0.15) is 0 Å². The summed E-state index contributed by atoms with van der Waals surface area (Å²) in [5.41, 5.74) is 0.731. The number of ether oxygens (including phenoxy) is 1. The van der Waals surface area contributed by atoms with Crippen LogP contribution in [0.2, 0.25) is 10.0 Å². The average molecular weight is 406 g/mol. The Morgan fingerprint density at radius 1 is 1.11 bits per heavy atom. The fourth-order valence-corrected chi connectivity index (χ4v) is 3.40. The zero-order valence-electron chi connectivity index (χ0n) is 14.4. The first-order valence-corrected chi connectivity index (χ1v) is 8.66. The second kappa shape index (κ2) is 7.55. The number of carbonyl (C=O) groups is 2. The molecule has 27 heavy (non-hydrogen) atoms. The first-order valence-electron chi connectivity index (χ1n) is 7.91. The number of para-hydroxylation sites is 1. The lowest BCUT2D eigenvalue weighted by Crippen LogP contribution is -2.25. The van der Waals surface area contributed by atoms with Crippen molar-refractivity contribution in [1.29, 1.82) is 0 Å². The van der Waals surface area contributed by atoms with E-state index in [1.54, 1.807) is 31.2 Å². The Kier molecular flexibility index (Phi) is 5.35. The number of amides is 1. The standard InChI is InChI=1S/C20H14Cl2FNO3/c1-11-18(20(26)27-2)13(10-12-14(21)6-5-7-15(12)22)19(25)24(11)17-9-4-3-8-16(17)23/h3-10H,1-2H3/b13-10-. The lowest BCUT2D eigenvalue weighted by atomic mass is 10.0. The maximum absolute atomic E-state index is 14.3. The lowest BCUT2D eigenvalue weighted by Gasteiger charge is -2.18. The van der Waals surface area contributed by atoms with Crippen molar-refractivity contribution in [3.8, 4) is 0 Å². The first-order chi connectivity index (χ1) is 12.9. The molecular weight excluding hydrogens is 392 g/mol. The quantitative estimate of drug-likeness (QED) is 0.532. The highest BCUT2D eigenvalue weighted by atomic mass is 35.5. The van der Waals surface area contributed by atoms with Crippen LogP contribution in [0.3, 0.4) is 0 Å². The van der Waals surface area contributed by atoms with Crippen molar-refractivity contribution in [2.75, 3.05) is 12.0 Å². The smallest absolute Gasteiger partial charge is 0.340 e. The van der Waals surface area contributed by atoms with Gasteiger partial charge in [-0.3, -0.25) is 9.69 Å². The number of hydrogen-bond acceptors (Lipinski definition) is 3. The van der Waals surface area contributed by atoms with Crippen molar-refractivity contribution in [2.24, 2.45) is 0 Å². The summed E-state index contributed by atoms with van der Waals surface area (Å²) in [7, 11) is 1.21. The Morgan fingerprint density at radius 2 is 1.74 bits per heavy atom. The fourth-order valence-electron chi connectivity index (χ4n) is 2.90. The van der Waals surface area contributed by atoms with Crippen LogP contribution in [0, 0.1) is 5.82 Å². The highest BCUT2D eigenvalue weighted by Crippen LogP contribution is 2.38. The van der Waals surface area contributed by atoms with Crippen LogP contribution in [0.1, 0.15) is 12.5 Å². The predicted octanol–water partition coefficient (Wildman–Crippen LogP) is 5.01. The molecule has 0 atom stereocenters. The van der Waals surface area contributed by atoms with Gasteiger partial charge in [-0.05, 0) is 37.3 Å². The zero-order chi connectivity index (χ0) is 19.7. The molecule has 1 aliphatic heterocycles. The van der Waals surface area contributed by atoms with Crippen LogP contribution in [0.25, 0.3) is 6.08 Å². The van der Waals surface area contributed by atoms with Gasteiger partial charge in [0, 0.05) is 21.3 Å². The van der Waals surface area contributed by atoms with Gasteiger partial charge in [0.05, 0.1) is 23.9 Å². The van der Waals surface area contributed by atoms with Crippen LogP contribution < -0.4 is 4.90 Å². The Hall–Kier alpha value is -2.63. The van der Waals surface area contributed by atoms with Crippen molar-refractivity contribution in [3.63, 3.8) is 0 Å². The van der Waals surface area contributed by atoms with Gasteiger partial charge in [0.25, 0.3) is 5.91 Å². The molecule has 0 spiro atoms. The summed E-state index contributed by atoms with van der Waals surface area (Å²) in [6.45, 7) is 1.55. The Morgan fingerprint density at radius 3 is 2.33 bits per heavy atom. The van der Waals surface area contributed by atoms with Crippen molar-refractivity contribution in [3.05, 3.63) is 80.7 Å². The molecule has 0 N–H and O–H groups in total. The Balaban J connectivity index is 2.23. The minimum absolute atomic E-state index is 0.0256. The van der Waals surface area contributed by atoms with E-state index in [1.165, 1.54) is 31.4 Å². The van der Waals surface area contributed by atoms with Gasteiger partial charge in [-0.1, -0.05) is 41.4 Å². The van der Waals surface area contributed by atoms with E-state index < -0.39 is 17.7 Å². The molecular formula is C20H14Cl2FNO3. The number of anilines is 1. The third-order valence-corrected chi connectivity index (χ3v) is 4.83. The molecule has 0 unspecified atom stereocenters. The Bertz CT molecular complexity index is 994. The van der Waals surface area contributed by atoms with Crippen LogP contribution >= 0.6 is 23.2 Å². The molecule has 0 bridgehead atoms. The first kappa shape index (κ1) is 19.1. The fraction of sp³-hybridized carbons (Fsp3) is 0.100. The molecule has 2 aromatic carbocycles. The monoisotopic (exact) mass is 405 g/mol. The normalized spacial score (nSPS) is 15.7. The van der Waals surface area contributed by atoms with Crippen LogP contribution in [-0.4, -0.2) is 19.0 Å². The van der Waals surface area contributed by atoms with Gasteiger partial charge in [-0.25, -0.2) is 9.18 Å². The van der Waals surface area contributed by atoms with E-state index in [9.17, 15) is 14.0 Å². The predicted molar refractivity (Wildman–Crippen MR) is 103 cm³/mol. The van der Waals surface area contributed by atoms with Gasteiger partial charge in [-0.15, -0.1) is 0 Å². The third kappa shape index (κ3) is 3.36. The second-order valence-electron chi connectivity index (χ2n) is 5.74. The summed E-state index contributed by atoms with van der Waals surface area (Å²) in [6, 6.07) is 10.7. The van der Waals surface area contributed by atoms with E-state index in [0.29, 0.717) is 15.6 Å². The molecule has 7 heteroatoms. The molecule has 0 aromatic heterocycles. The van der Waals surface area contributed by atoms with E-state index in [2.05, 4.69) is 0 Å². The van der Waals surface area contributed by atoms with E-state index in [-0.39, 0.29) is 22.5 Å². The molecule has 0 saturated carbocycles. The number of esters is 1. The lowest BCUT2D eigenvalue weighted by molar-refractivity contribution is -0.136. The zero-order valence-corrected chi connectivity index (χ0v) is 15.9. The molecule has 2 aromatic rings. The summed E-state index contributed by atoms with van der Waals surface area (Å²) >= 11 is 12.4. The van der Waals surface area contributed by atoms with Crippen LogP contribution in [-0.2, 0) is 14.3 Å². The summed E-state index contributed by atoms with van der Waals surface area (Å²) in [5, 5.41) is 0.628. The van der Waals surface area contributed by atoms with Gasteiger partial charge in [0.1, 0.15) is 5.82 Å². The number of hydrogen-bond donors (Lipinski definition) is 0. The minimum Gasteiger partial charge on any atom is -0.465 e. The molecule has 3 rings (SSSR count). The van der Waals surface area contributed by atoms with Crippen LogP contribution in [0.15, 0.2) is 59.3 Å². The summed E-state index contributed by atoms with van der Waals surface area (Å²) < 4.78 is 19.1. The minimum atomic E-state index is -0.714. The number of halogens is 3. The maximum Gasteiger partial charge on any atom is 0.340 e. The van der Waals surface area contributed by atoms with E-state index >= 15 is 0 Å². The molecule has 4 nitrogen and oxygen atoms in total. The van der Waals surface area contributed by atoms with Gasteiger partial charge in [0.2, 0.25) is 0 Å². The topological polar surface area (TPSA) is 46.6 Å². The van der Waals surface area contributed by atoms with Gasteiger partial charge < -0.3 is 4.74 Å². The summed E-state index contributed by atoms with van der Waals surface area (Å²) in [6.07, 6.45) is 1.42. The van der Waals surface area contributed by atoms with E-state index in [4.69, 9.17) is 27.9 Å². The van der Waals surface area contributed by atoms with Crippen molar-refractivity contribution >= 4 is 46.8 Å². The molecule has 0 fully saturated rings. The molecule has 138 valence electrons. The van der Waals surface area contributed by atoms with E-state index in [0.717, 1.165) is 4.90 Å². The Labute approximate surface area is 165 Å². The van der Waals surface area contributed by atoms with Crippen LogP contribution in [0.5, 0.6) is 0 Å². The highest BCUT2D eigenvalue weighted by molar-refractivity contribution is 6.37. The van der Waals surface area contributed by atoms with Crippen molar-refractivity contribution in [2.45, 2.75) is 6.92 Å². The molecule has 0 aliphatic carbocycles. The van der Waals surface area contributed by atoms with Crippen molar-refractivity contribution in [1.82, 2.24) is 0 Å². The maximum atomic E-state index is 14.3. The number of benzene rings is 2. The summed E-state index contributed by atoms with van der Waals surface area (Å²) in [4.78, 5) is 26.6. The van der Waals surface area contributed by atoms with E-state index in [1.807, 2.05) is 0 Å². The van der Waals surface area contributed by atoms with Crippen LogP contribution in [0.4, 0.5) is 10.1 Å². The average Bonchev–Trinajstić information content (AvgIpc) is 2.88. The largest absolute Gasteiger partial charge is 0.465 e. The highest BCUT2D eigenvalue weighted by Gasteiger charge is 2.39. The molecule has 0 saturated heterocycles. The molecule has 0 radical (unpaired) electrons. The molecule has 1 aliphatic rings. The number of methoxy groups -OCH3 is 1. The second-order valence-corrected chi connectivity index (χ2v) is 6.55. The summed E-state index contributed by atoms with van der Waals surface area (Å²) in [5.74, 6) is -1.88. The third-order valence-electron chi connectivity index (χ3n) is 4.17. The van der Waals surface area contributed by atoms with Crippen molar-refractivity contribution < 1.29 is 18.7 Å². The number of carbonyl (C=O) groups excluding carboxylic acids is 2. The SMILES string of the molecule is COC(=O)C1=C(C)N(c2ccccc2F)C(=O)/C1=C\c1c(Cl)cccc1Cl. The number of nitrogens with zero attached hydrogens (tertiary/aromatic N) is 1. The van der Waals surface area contributed by atoms with Gasteiger partial charge >= 0.3 is 5.97 Å². The number of rotatable bonds is 3. The number of allylic oxidation sites excluding steroid dienone is 1. The molecule has 1 amide bonds.